The molecule has 20 heavy (non-hydrogen) atoms. The summed E-state index contributed by atoms with van der Waals surface area (Å²) in [5, 5.41) is 3.08. The minimum Gasteiger partial charge on any atom is -0.493 e. The van der Waals surface area contributed by atoms with E-state index in [2.05, 4.69) is 33.2 Å². The van der Waals surface area contributed by atoms with Crippen molar-refractivity contribution in [1.29, 1.82) is 0 Å². The van der Waals surface area contributed by atoms with Crippen molar-refractivity contribution in [3.05, 3.63) is 22.2 Å². The highest BCUT2D eigenvalue weighted by Crippen LogP contribution is 2.36. The Morgan fingerprint density at radius 3 is 2.70 bits per heavy atom. The van der Waals surface area contributed by atoms with Crippen LogP contribution in [0.1, 0.15) is 25.3 Å². The number of halogens is 1. The van der Waals surface area contributed by atoms with Gasteiger partial charge in [0.25, 0.3) is 0 Å². The number of hydrogen-bond acceptors (Lipinski definition) is 3. The summed E-state index contributed by atoms with van der Waals surface area (Å²) in [6.45, 7) is 3.47. The highest BCUT2D eigenvalue weighted by Gasteiger charge is 2.10. The first-order valence-corrected chi connectivity index (χ1v) is 7.35. The van der Waals surface area contributed by atoms with E-state index in [4.69, 9.17) is 15.2 Å². The van der Waals surface area contributed by atoms with Crippen LogP contribution in [-0.2, 0) is 6.54 Å². The van der Waals surface area contributed by atoms with E-state index >= 15 is 0 Å². The molecule has 6 heteroatoms. The van der Waals surface area contributed by atoms with Crippen molar-refractivity contribution in [3.8, 4) is 11.5 Å². The Morgan fingerprint density at radius 2 is 2.10 bits per heavy atom. The maximum atomic E-state index is 5.80. The number of nitrogens with one attached hydrogen (secondary N) is 1. The molecule has 0 aliphatic carbocycles. The van der Waals surface area contributed by atoms with Gasteiger partial charge in [0, 0.05) is 6.54 Å². The Kier molecular flexibility index (Phi) is 7.22. The number of hydrogen-bond donors (Lipinski definition) is 2. The van der Waals surface area contributed by atoms with Crippen LogP contribution < -0.4 is 20.5 Å². The molecule has 0 aliphatic rings. The van der Waals surface area contributed by atoms with Crippen molar-refractivity contribution in [1.82, 2.24) is 5.32 Å². The first kappa shape index (κ1) is 16.6. The quantitative estimate of drug-likeness (QED) is 0.453. The highest BCUT2D eigenvalue weighted by molar-refractivity contribution is 9.10. The van der Waals surface area contributed by atoms with Crippen LogP contribution in [0.15, 0.2) is 21.6 Å². The number of aliphatic imine (C=N–C) groups is 1. The monoisotopic (exact) mass is 343 g/mol. The number of ether oxygens (including phenoxy) is 2. The molecule has 0 saturated heterocycles. The molecule has 1 rings (SSSR count). The van der Waals surface area contributed by atoms with Gasteiger partial charge in [-0.25, -0.2) is 4.99 Å². The average molecular weight is 344 g/mol. The molecule has 0 spiro atoms. The van der Waals surface area contributed by atoms with Crippen molar-refractivity contribution >= 4 is 21.9 Å². The van der Waals surface area contributed by atoms with Crippen molar-refractivity contribution in [3.63, 3.8) is 0 Å². The predicted molar refractivity (Wildman–Crippen MR) is 85.5 cm³/mol. The summed E-state index contributed by atoms with van der Waals surface area (Å²) in [6.07, 6.45) is 2.21. The summed E-state index contributed by atoms with van der Waals surface area (Å²) in [4.78, 5) is 4.30. The standard InChI is InChI=1S/C14H22BrN3O2/c1-4-5-6-17-14(16)18-9-10-7-11(15)13(20-3)12(8-10)19-2/h7-8H,4-6,9H2,1-3H3,(H3,16,17,18). The van der Waals surface area contributed by atoms with E-state index < -0.39 is 0 Å². The summed E-state index contributed by atoms with van der Waals surface area (Å²) in [5.41, 5.74) is 6.79. The molecule has 0 radical (unpaired) electrons. The molecule has 0 atom stereocenters. The van der Waals surface area contributed by atoms with Gasteiger partial charge in [-0.2, -0.15) is 0 Å². The molecular formula is C14H22BrN3O2. The van der Waals surface area contributed by atoms with E-state index in [0.717, 1.165) is 29.4 Å². The number of nitrogens with zero attached hydrogens (tertiary/aromatic N) is 1. The lowest BCUT2D eigenvalue weighted by molar-refractivity contribution is 0.352. The molecule has 0 saturated carbocycles. The van der Waals surface area contributed by atoms with Gasteiger partial charge < -0.3 is 20.5 Å². The Bertz CT molecular complexity index is 464. The van der Waals surface area contributed by atoms with Crippen LogP contribution in [0.4, 0.5) is 0 Å². The number of rotatable bonds is 7. The van der Waals surface area contributed by atoms with Gasteiger partial charge >= 0.3 is 0 Å². The lowest BCUT2D eigenvalue weighted by Gasteiger charge is -2.11. The molecular weight excluding hydrogens is 322 g/mol. The number of nitrogens with two attached hydrogens (primary N) is 1. The second kappa shape index (κ2) is 8.68. The van der Waals surface area contributed by atoms with Crippen LogP contribution in [0.3, 0.4) is 0 Å². The largest absolute Gasteiger partial charge is 0.493 e. The van der Waals surface area contributed by atoms with E-state index in [1.165, 1.54) is 0 Å². The fourth-order valence-corrected chi connectivity index (χ4v) is 2.34. The zero-order chi connectivity index (χ0) is 15.0. The molecule has 0 bridgehead atoms. The van der Waals surface area contributed by atoms with Crippen LogP contribution in [-0.4, -0.2) is 26.7 Å². The summed E-state index contributed by atoms with van der Waals surface area (Å²) in [7, 11) is 3.22. The van der Waals surface area contributed by atoms with E-state index in [9.17, 15) is 0 Å². The molecule has 5 nitrogen and oxygen atoms in total. The normalized spacial score (nSPS) is 11.3. The topological polar surface area (TPSA) is 68.9 Å². The van der Waals surface area contributed by atoms with E-state index in [0.29, 0.717) is 24.0 Å². The minimum absolute atomic E-state index is 0.462. The highest BCUT2D eigenvalue weighted by atomic mass is 79.9. The summed E-state index contributed by atoms with van der Waals surface area (Å²) < 4.78 is 11.4. The number of methoxy groups -OCH3 is 2. The van der Waals surface area contributed by atoms with Gasteiger partial charge in [0.05, 0.1) is 25.2 Å². The van der Waals surface area contributed by atoms with Gasteiger partial charge in [-0.15, -0.1) is 0 Å². The van der Waals surface area contributed by atoms with Gasteiger partial charge in [0.1, 0.15) is 0 Å². The summed E-state index contributed by atoms with van der Waals surface area (Å²) in [5.74, 6) is 1.81. The summed E-state index contributed by atoms with van der Waals surface area (Å²) in [6, 6.07) is 3.84. The van der Waals surface area contributed by atoms with Gasteiger partial charge in [-0.1, -0.05) is 13.3 Å². The molecule has 0 aliphatic heterocycles. The van der Waals surface area contributed by atoms with Gasteiger partial charge in [0.2, 0.25) is 0 Å². The van der Waals surface area contributed by atoms with Gasteiger partial charge in [-0.05, 0) is 40.0 Å². The molecule has 3 N–H and O–H groups in total. The fourth-order valence-electron chi connectivity index (χ4n) is 1.69. The number of unbranched alkanes of at least 4 members (excludes halogenated alkanes) is 1. The molecule has 1 aromatic rings. The smallest absolute Gasteiger partial charge is 0.188 e. The average Bonchev–Trinajstić information content (AvgIpc) is 2.44. The lowest BCUT2D eigenvalue weighted by atomic mass is 10.2. The van der Waals surface area contributed by atoms with E-state index in [1.807, 2.05) is 12.1 Å². The van der Waals surface area contributed by atoms with Gasteiger partial charge in [-0.3, -0.25) is 0 Å². The Labute approximate surface area is 128 Å². The number of guanidine groups is 1. The predicted octanol–water partition coefficient (Wildman–Crippen LogP) is 2.67. The van der Waals surface area contributed by atoms with Gasteiger partial charge in [0.15, 0.2) is 17.5 Å². The van der Waals surface area contributed by atoms with Crippen LogP contribution in [0.25, 0.3) is 0 Å². The SMILES string of the molecule is CCCCNC(N)=NCc1cc(Br)c(OC)c(OC)c1. The van der Waals surface area contributed by atoms with E-state index in [1.54, 1.807) is 14.2 Å². The maximum Gasteiger partial charge on any atom is 0.188 e. The zero-order valence-corrected chi connectivity index (χ0v) is 13.8. The van der Waals surface area contributed by atoms with E-state index in [-0.39, 0.29) is 0 Å². The van der Waals surface area contributed by atoms with Crippen molar-refractivity contribution in [2.75, 3.05) is 20.8 Å². The second-order valence-electron chi connectivity index (χ2n) is 4.29. The van der Waals surface area contributed by atoms with Crippen LogP contribution in [0.5, 0.6) is 11.5 Å². The Hall–Kier alpha value is -1.43. The lowest BCUT2D eigenvalue weighted by Crippen LogP contribution is -2.32. The molecule has 0 heterocycles. The maximum absolute atomic E-state index is 5.80. The van der Waals surface area contributed by atoms with Crippen LogP contribution in [0.2, 0.25) is 0 Å². The van der Waals surface area contributed by atoms with Crippen molar-refractivity contribution in [2.45, 2.75) is 26.3 Å². The molecule has 0 unspecified atom stereocenters. The van der Waals surface area contributed by atoms with Crippen molar-refractivity contribution < 1.29 is 9.47 Å². The first-order valence-electron chi connectivity index (χ1n) is 6.56. The third-order valence-electron chi connectivity index (χ3n) is 2.76. The third kappa shape index (κ3) is 4.92. The third-order valence-corrected chi connectivity index (χ3v) is 3.35. The molecule has 0 aromatic heterocycles. The first-order chi connectivity index (χ1) is 9.62. The van der Waals surface area contributed by atoms with Crippen molar-refractivity contribution in [2.24, 2.45) is 10.7 Å². The fraction of sp³-hybridized carbons (Fsp3) is 0.500. The minimum atomic E-state index is 0.462. The molecule has 0 amide bonds. The van der Waals surface area contributed by atoms with Crippen LogP contribution >= 0.6 is 15.9 Å². The Morgan fingerprint density at radius 1 is 1.35 bits per heavy atom. The molecule has 0 fully saturated rings. The number of benzene rings is 1. The Balaban J connectivity index is 2.73. The zero-order valence-electron chi connectivity index (χ0n) is 12.2. The second-order valence-corrected chi connectivity index (χ2v) is 5.15. The van der Waals surface area contributed by atoms with Crippen LogP contribution in [0, 0.1) is 0 Å². The molecule has 1 aromatic carbocycles. The summed E-state index contributed by atoms with van der Waals surface area (Å²) >= 11 is 3.46. The molecule has 112 valence electrons.